The Balaban J connectivity index is 2.15. The molecule has 0 atom stereocenters. The summed E-state index contributed by atoms with van der Waals surface area (Å²) in [5, 5.41) is 1.31. The summed E-state index contributed by atoms with van der Waals surface area (Å²) < 4.78 is 7.55. The van der Waals surface area contributed by atoms with Crippen molar-refractivity contribution in [2.75, 3.05) is 6.61 Å². The first kappa shape index (κ1) is 15.2. The molecular weight excluding hydrogens is 292 g/mol. The molecule has 0 fully saturated rings. The Hall–Kier alpha value is -1.17. The van der Waals surface area contributed by atoms with E-state index in [1.807, 2.05) is 4.57 Å². The number of nitrogens with zero attached hydrogens (tertiary/aromatic N) is 2. The van der Waals surface area contributed by atoms with Gasteiger partial charge in [0.15, 0.2) is 6.29 Å². The SMILES string of the molecule is C[Si](C)(C)CCOCn1c(C=O)cc2cnc(Cl)cc21. The Bertz CT molecular complexity index is 619. The summed E-state index contributed by atoms with van der Waals surface area (Å²) >= 11 is 5.92. The molecule has 0 aromatic carbocycles. The number of carbonyl (C=O) groups excluding carboxylic acids is 1. The first-order chi connectivity index (χ1) is 9.40. The van der Waals surface area contributed by atoms with Crippen molar-refractivity contribution in [2.45, 2.75) is 32.4 Å². The normalized spacial score (nSPS) is 12.0. The average molecular weight is 311 g/mol. The molecular formula is C14H19ClN2O2Si. The van der Waals surface area contributed by atoms with E-state index in [4.69, 9.17) is 16.3 Å². The molecule has 0 spiro atoms. The Morgan fingerprint density at radius 1 is 1.40 bits per heavy atom. The van der Waals surface area contributed by atoms with Crippen LogP contribution in [0.1, 0.15) is 10.5 Å². The molecule has 6 heteroatoms. The Morgan fingerprint density at radius 2 is 2.15 bits per heavy atom. The van der Waals surface area contributed by atoms with Gasteiger partial charge in [0, 0.05) is 26.3 Å². The van der Waals surface area contributed by atoms with Gasteiger partial charge in [0.2, 0.25) is 0 Å². The van der Waals surface area contributed by atoms with Crippen molar-refractivity contribution < 1.29 is 9.53 Å². The molecule has 0 aliphatic rings. The lowest BCUT2D eigenvalue weighted by molar-refractivity contribution is 0.0863. The molecule has 4 nitrogen and oxygen atoms in total. The highest BCUT2D eigenvalue weighted by atomic mass is 35.5. The summed E-state index contributed by atoms with van der Waals surface area (Å²) in [6.07, 6.45) is 2.50. The molecule has 0 bridgehead atoms. The van der Waals surface area contributed by atoms with Gasteiger partial charge in [-0.15, -0.1) is 0 Å². The maximum Gasteiger partial charge on any atom is 0.166 e. The van der Waals surface area contributed by atoms with E-state index in [-0.39, 0.29) is 0 Å². The molecule has 20 heavy (non-hydrogen) atoms. The number of carbonyl (C=O) groups is 1. The predicted octanol–water partition coefficient (Wildman–Crippen LogP) is 3.81. The van der Waals surface area contributed by atoms with Crippen LogP contribution in [0, 0.1) is 0 Å². The van der Waals surface area contributed by atoms with Gasteiger partial charge < -0.3 is 9.30 Å². The van der Waals surface area contributed by atoms with E-state index in [0.717, 1.165) is 23.2 Å². The zero-order valence-electron chi connectivity index (χ0n) is 12.0. The zero-order valence-corrected chi connectivity index (χ0v) is 13.8. The second-order valence-electron chi connectivity index (χ2n) is 6.03. The molecule has 2 aromatic heterocycles. The summed E-state index contributed by atoms with van der Waals surface area (Å²) in [6, 6.07) is 4.66. The van der Waals surface area contributed by atoms with Crippen LogP contribution >= 0.6 is 11.6 Å². The number of rotatable bonds is 6. The van der Waals surface area contributed by atoms with Crippen LogP contribution in [0.3, 0.4) is 0 Å². The van der Waals surface area contributed by atoms with Crippen molar-refractivity contribution in [3.63, 3.8) is 0 Å². The lowest BCUT2D eigenvalue weighted by Gasteiger charge is -2.16. The molecule has 2 heterocycles. The molecule has 0 saturated heterocycles. The fraction of sp³-hybridized carbons (Fsp3) is 0.429. The highest BCUT2D eigenvalue weighted by molar-refractivity contribution is 6.76. The monoisotopic (exact) mass is 310 g/mol. The minimum atomic E-state index is -1.10. The summed E-state index contributed by atoms with van der Waals surface area (Å²) in [4.78, 5) is 15.2. The Labute approximate surface area is 124 Å². The summed E-state index contributed by atoms with van der Waals surface area (Å²) in [6.45, 7) is 8.01. The van der Waals surface area contributed by atoms with Crippen molar-refractivity contribution in [2.24, 2.45) is 0 Å². The number of pyridine rings is 1. The van der Waals surface area contributed by atoms with E-state index >= 15 is 0 Å². The molecule has 2 aromatic rings. The second-order valence-corrected chi connectivity index (χ2v) is 12.0. The Kier molecular flexibility index (Phi) is 4.62. The largest absolute Gasteiger partial charge is 0.361 e. The number of fused-ring (bicyclic) bond motifs is 1. The van der Waals surface area contributed by atoms with Crippen LogP contribution in [0.5, 0.6) is 0 Å². The number of hydrogen-bond acceptors (Lipinski definition) is 3. The Morgan fingerprint density at radius 3 is 2.80 bits per heavy atom. The van der Waals surface area contributed by atoms with E-state index < -0.39 is 8.07 Å². The van der Waals surface area contributed by atoms with Gasteiger partial charge in [0.1, 0.15) is 11.9 Å². The van der Waals surface area contributed by atoms with Gasteiger partial charge in [0.05, 0.1) is 11.2 Å². The van der Waals surface area contributed by atoms with Gasteiger partial charge in [-0.2, -0.15) is 0 Å². The van der Waals surface area contributed by atoms with Gasteiger partial charge in [0.25, 0.3) is 0 Å². The number of aromatic nitrogens is 2. The van der Waals surface area contributed by atoms with Gasteiger partial charge in [-0.3, -0.25) is 4.79 Å². The summed E-state index contributed by atoms with van der Waals surface area (Å²) in [7, 11) is -1.10. The fourth-order valence-electron chi connectivity index (χ4n) is 1.93. The maximum absolute atomic E-state index is 11.2. The lowest BCUT2D eigenvalue weighted by Crippen LogP contribution is -2.22. The lowest BCUT2D eigenvalue weighted by atomic mass is 10.3. The van der Waals surface area contributed by atoms with Gasteiger partial charge in [-0.25, -0.2) is 4.98 Å². The van der Waals surface area contributed by atoms with Gasteiger partial charge >= 0.3 is 0 Å². The summed E-state index contributed by atoms with van der Waals surface area (Å²) in [5.74, 6) is 0. The third kappa shape index (κ3) is 3.68. The van der Waals surface area contributed by atoms with Crippen LogP contribution in [0.4, 0.5) is 0 Å². The molecule has 0 N–H and O–H groups in total. The highest BCUT2D eigenvalue weighted by Gasteiger charge is 2.13. The smallest absolute Gasteiger partial charge is 0.166 e. The minimum Gasteiger partial charge on any atom is -0.361 e. The topological polar surface area (TPSA) is 44.1 Å². The summed E-state index contributed by atoms with van der Waals surface area (Å²) in [5.41, 5.74) is 1.46. The fourth-order valence-corrected chi connectivity index (χ4v) is 2.84. The maximum atomic E-state index is 11.2. The standard InChI is InChI=1S/C14H19ClN2O2Si/c1-20(2,3)5-4-19-10-17-12(9-18)6-11-8-16-14(15)7-13(11)17/h6-9H,4-5,10H2,1-3H3. The zero-order chi connectivity index (χ0) is 14.8. The molecule has 0 unspecified atom stereocenters. The average Bonchev–Trinajstić information content (AvgIpc) is 2.71. The number of aldehydes is 1. The van der Waals surface area contributed by atoms with E-state index in [1.54, 1.807) is 18.3 Å². The van der Waals surface area contributed by atoms with Crippen molar-refractivity contribution in [1.29, 1.82) is 0 Å². The van der Waals surface area contributed by atoms with Crippen LogP contribution in [-0.2, 0) is 11.5 Å². The molecule has 0 amide bonds. The quantitative estimate of drug-likeness (QED) is 0.353. The van der Waals surface area contributed by atoms with Crippen LogP contribution < -0.4 is 0 Å². The molecule has 108 valence electrons. The predicted molar refractivity (Wildman–Crippen MR) is 84.2 cm³/mol. The first-order valence-electron chi connectivity index (χ1n) is 6.58. The third-order valence-corrected chi connectivity index (χ3v) is 5.03. The minimum absolute atomic E-state index is 0.363. The molecule has 0 aliphatic heterocycles. The van der Waals surface area contributed by atoms with Crippen LogP contribution in [0.25, 0.3) is 10.9 Å². The molecule has 0 saturated carbocycles. The number of hydrogen-bond donors (Lipinski definition) is 0. The van der Waals surface area contributed by atoms with E-state index in [0.29, 0.717) is 24.2 Å². The first-order valence-corrected chi connectivity index (χ1v) is 10.7. The molecule has 0 aliphatic carbocycles. The molecule has 0 radical (unpaired) electrons. The van der Waals surface area contributed by atoms with Crippen LogP contribution in [0.15, 0.2) is 18.3 Å². The van der Waals surface area contributed by atoms with Gasteiger partial charge in [-0.05, 0) is 18.2 Å². The molecule has 2 rings (SSSR count). The van der Waals surface area contributed by atoms with E-state index in [2.05, 4.69) is 24.6 Å². The van der Waals surface area contributed by atoms with Gasteiger partial charge in [-0.1, -0.05) is 31.2 Å². The third-order valence-electron chi connectivity index (χ3n) is 3.12. The second kappa shape index (κ2) is 6.07. The van der Waals surface area contributed by atoms with Crippen LogP contribution in [-0.4, -0.2) is 30.5 Å². The van der Waals surface area contributed by atoms with Crippen molar-refractivity contribution >= 4 is 36.9 Å². The number of halogens is 1. The van der Waals surface area contributed by atoms with Crippen molar-refractivity contribution in [1.82, 2.24) is 9.55 Å². The number of ether oxygens (including phenoxy) is 1. The van der Waals surface area contributed by atoms with E-state index in [9.17, 15) is 4.79 Å². The highest BCUT2D eigenvalue weighted by Crippen LogP contribution is 2.21. The van der Waals surface area contributed by atoms with Crippen molar-refractivity contribution in [3.8, 4) is 0 Å². The van der Waals surface area contributed by atoms with E-state index in [1.165, 1.54) is 0 Å². The van der Waals surface area contributed by atoms with Crippen LogP contribution in [0.2, 0.25) is 30.8 Å². The van der Waals surface area contributed by atoms with Crippen molar-refractivity contribution in [3.05, 3.63) is 29.2 Å².